The van der Waals surface area contributed by atoms with Gasteiger partial charge >= 0.3 is 0 Å². The van der Waals surface area contributed by atoms with Gasteiger partial charge in [0.2, 0.25) is 5.95 Å². The molecule has 0 radical (unpaired) electrons. The Kier molecular flexibility index (Phi) is 6.46. The maximum absolute atomic E-state index is 12.5. The van der Waals surface area contributed by atoms with Crippen LogP contribution in [0.2, 0.25) is 0 Å². The van der Waals surface area contributed by atoms with Gasteiger partial charge in [0.1, 0.15) is 16.8 Å². The highest BCUT2D eigenvalue weighted by atomic mass is 16.5. The summed E-state index contributed by atoms with van der Waals surface area (Å²) in [5.41, 5.74) is 9.62. The second-order valence-electron chi connectivity index (χ2n) is 9.86. The van der Waals surface area contributed by atoms with Crippen LogP contribution in [0.15, 0.2) is 24.4 Å². The Labute approximate surface area is 205 Å². The molecule has 5 N–H and O–H groups in total. The summed E-state index contributed by atoms with van der Waals surface area (Å²) in [6, 6.07) is 5.49. The largest absolute Gasteiger partial charge is 0.496 e. The van der Waals surface area contributed by atoms with Gasteiger partial charge in [-0.3, -0.25) is 9.48 Å². The summed E-state index contributed by atoms with van der Waals surface area (Å²) in [5, 5.41) is 14.1. The van der Waals surface area contributed by atoms with Crippen LogP contribution in [0.1, 0.15) is 48.0 Å². The van der Waals surface area contributed by atoms with Crippen molar-refractivity contribution in [3.05, 3.63) is 35.5 Å². The predicted octanol–water partition coefficient (Wildman–Crippen LogP) is 2.41. The number of hydrogen-bond acceptors (Lipinski definition) is 8. The number of carbonyl (C=O) groups is 1. The molecule has 186 valence electrons. The maximum Gasteiger partial charge on any atom is 0.251 e. The number of methoxy groups -OCH3 is 1. The van der Waals surface area contributed by atoms with Crippen LogP contribution in [0.25, 0.3) is 11.0 Å². The third-order valence-corrected chi connectivity index (χ3v) is 7.22. The van der Waals surface area contributed by atoms with E-state index in [0.717, 1.165) is 30.6 Å². The van der Waals surface area contributed by atoms with Gasteiger partial charge in [-0.15, -0.1) is 0 Å². The minimum Gasteiger partial charge on any atom is -0.496 e. The highest BCUT2D eigenvalue weighted by molar-refractivity contribution is 5.94. The van der Waals surface area contributed by atoms with E-state index in [-0.39, 0.29) is 11.9 Å². The summed E-state index contributed by atoms with van der Waals surface area (Å²) in [6.45, 7) is 2.79. The van der Waals surface area contributed by atoms with E-state index < -0.39 is 0 Å². The fraction of sp³-hybridized carbons (Fsp3) is 0.520. The zero-order valence-electron chi connectivity index (χ0n) is 20.4. The molecule has 35 heavy (non-hydrogen) atoms. The van der Waals surface area contributed by atoms with Crippen molar-refractivity contribution in [1.29, 1.82) is 0 Å². The maximum atomic E-state index is 12.5. The Bertz CT molecular complexity index is 1210. The van der Waals surface area contributed by atoms with E-state index >= 15 is 0 Å². The third kappa shape index (κ3) is 5.02. The average Bonchev–Trinajstić information content (AvgIpc) is 3.54. The van der Waals surface area contributed by atoms with Crippen LogP contribution in [0.3, 0.4) is 0 Å². The highest BCUT2D eigenvalue weighted by Gasteiger charge is 2.52. The molecule has 10 heteroatoms. The van der Waals surface area contributed by atoms with Crippen LogP contribution in [0.5, 0.6) is 5.75 Å². The van der Waals surface area contributed by atoms with Gasteiger partial charge in [0, 0.05) is 24.2 Å². The fourth-order valence-corrected chi connectivity index (χ4v) is 5.14. The lowest BCUT2D eigenvalue weighted by Gasteiger charge is -2.36. The monoisotopic (exact) mass is 478 g/mol. The lowest BCUT2D eigenvalue weighted by molar-refractivity contribution is 0.0953. The van der Waals surface area contributed by atoms with Crippen molar-refractivity contribution in [1.82, 2.24) is 30.4 Å². The van der Waals surface area contributed by atoms with Crippen LogP contribution >= 0.6 is 0 Å². The Morgan fingerprint density at radius 2 is 2.09 bits per heavy atom. The lowest BCUT2D eigenvalue weighted by atomic mass is 9.72. The fourth-order valence-electron chi connectivity index (χ4n) is 5.14. The van der Waals surface area contributed by atoms with Crippen LogP contribution in [-0.2, 0) is 6.54 Å². The molecule has 10 nitrogen and oxygen atoms in total. The minimum absolute atomic E-state index is 0.116. The smallest absolute Gasteiger partial charge is 0.251 e. The van der Waals surface area contributed by atoms with Gasteiger partial charge in [-0.05, 0) is 69.2 Å². The summed E-state index contributed by atoms with van der Waals surface area (Å²) in [7, 11) is 3.50. The Balaban J connectivity index is 1.32. The first-order valence-electron chi connectivity index (χ1n) is 12.3. The zero-order valence-corrected chi connectivity index (χ0v) is 20.4. The van der Waals surface area contributed by atoms with Gasteiger partial charge in [0.25, 0.3) is 5.91 Å². The van der Waals surface area contributed by atoms with E-state index in [1.807, 2.05) is 23.9 Å². The Morgan fingerprint density at radius 1 is 1.26 bits per heavy atom. The molecule has 0 atom stereocenters. The molecule has 2 aromatic heterocycles. The van der Waals surface area contributed by atoms with Crippen molar-refractivity contribution < 1.29 is 9.53 Å². The summed E-state index contributed by atoms with van der Waals surface area (Å²) >= 11 is 0. The summed E-state index contributed by atoms with van der Waals surface area (Å²) in [4.78, 5) is 21.4. The van der Waals surface area contributed by atoms with E-state index in [2.05, 4.69) is 31.0 Å². The number of rotatable bonds is 11. The number of benzene rings is 1. The van der Waals surface area contributed by atoms with Crippen molar-refractivity contribution in [3.8, 4) is 5.75 Å². The van der Waals surface area contributed by atoms with Crippen molar-refractivity contribution in [3.63, 3.8) is 0 Å². The van der Waals surface area contributed by atoms with Gasteiger partial charge in [-0.25, -0.2) is 4.98 Å². The number of nitrogen functional groups attached to an aromatic ring is 1. The number of fused-ring (bicyclic) bond motifs is 1. The summed E-state index contributed by atoms with van der Waals surface area (Å²) < 4.78 is 7.47. The lowest BCUT2D eigenvalue weighted by Crippen LogP contribution is -2.31. The topological polar surface area (TPSA) is 132 Å². The molecule has 2 aliphatic rings. The van der Waals surface area contributed by atoms with E-state index in [4.69, 9.17) is 10.5 Å². The molecule has 1 spiro atoms. The molecular weight excluding hydrogens is 444 g/mol. The van der Waals surface area contributed by atoms with E-state index in [9.17, 15) is 4.79 Å². The molecule has 0 unspecified atom stereocenters. The number of anilines is 2. The van der Waals surface area contributed by atoms with Crippen LogP contribution in [-0.4, -0.2) is 59.4 Å². The molecule has 1 aromatic carbocycles. The summed E-state index contributed by atoms with van der Waals surface area (Å²) in [5.74, 6) is 2.13. The number of nitrogens with two attached hydrogens (primary N) is 1. The van der Waals surface area contributed by atoms with Gasteiger partial charge in [0.05, 0.1) is 19.9 Å². The van der Waals surface area contributed by atoms with Crippen molar-refractivity contribution in [2.75, 3.05) is 44.8 Å². The standard InChI is InChI=1S/C25H34N8O2/c1-27-8-3-9-28-23(34)17-4-5-18(20(10-17)35-2)15-33-21-19(14-30-33)31-24(26)32-22(21)29-13-16-11-25(12-16)6-7-25/h4-5,10,14,16,27H,3,6-9,11-13,15H2,1-2H3,(H,28,34)(H3,26,29,31,32). The first-order valence-corrected chi connectivity index (χ1v) is 12.3. The Morgan fingerprint density at radius 3 is 2.83 bits per heavy atom. The zero-order chi connectivity index (χ0) is 24.4. The number of ether oxygens (including phenoxy) is 1. The van der Waals surface area contributed by atoms with Gasteiger partial charge in [-0.1, -0.05) is 6.07 Å². The molecule has 2 aliphatic carbocycles. The van der Waals surface area contributed by atoms with E-state index in [1.165, 1.54) is 25.7 Å². The molecule has 0 bridgehead atoms. The predicted molar refractivity (Wildman–Crippen MR) is 136 cm³/mol. The summed E-state index contributed by atoms with van der Waals surface area (Å²) in [6.07, 6.45) is 7.96. The Hall–Kier alpha value is -3.40. The van der Waals surface area contributed by atoms with Crippen molar-refractivity contribution >= 4 is 28.7 Å². The number of aromatic nitrogens is 4. The molecule has 5 rings (SSSR count). The molecule has 2 fully saturated rings. The number of nitrogens with zero attached hydrogens (tertiary/aromatic N) is 4. The van der Waals surface area contributed by atoms with E-state index in [0.29, 0.717) is 47.1 Å². The second kappa shape index (κ2) is 9.69. The van der Waals surface area contributed by atoms with Crippen LogP contribution in [0, 0.1) is 11.3 Å². The van der Waals surface area contributed by atoms with Gasteiger partial charge in [0.15, 0.2) is 5.82 Å². The van der Waals surface area contributed by atoms with Crippen molar-refractivity contribution in [2.45, 2.75) is 38.6 Å². The average molecular weight is 479 g/mol. The molecule has 0 saturated heterocycles. The first-order chi connectivity index (χ1) is 17.0. The normalized spacial score (nSPS) is 16.3. The molecule has 2 heterocycles. The molecule has 0 aliphatic heterocycles. The van der Waals surface area contributed by atoms with Gasteiger partial charge < -0.3 is 26.4 Å². The number of amides is 1. The van der Waals surface area contributed by atoms with Crippen molar-refractivity contribution in [2.24, 2.45) is 11.3 Å². The molecule has 2 saturated carbocycles. The third-order valence-electron chi connectivity index (χ3n) is 7.22. The van der Waals surface area contributed by atoms with Gasteiger partial charge in [-0.2, -0.15) is 10.1 Å². The molecule has 3 aromatic rings. The SMILES string of the molecule is CNCCCNC(=O)c1ccc(Cn2ncc3nc(N)nc(NCC4CC5(CC5)C4)c32)c(OC)c1. The highest BCUT2D eigenvalue weighted by Crippen LogP contribution is 2.63. The number of nitrogens with one attached hydrogen (secondary N) is 3. The number of hydrogen-bond donors (Lipinski definition) is 4. The minimum atomic E-state index is -0.116. The molecule has 1 amide bonds. The number of carbonyl (C=O) groups excluding carboxylic acids is 1. The first kappa shape index (κ1) is 23.3. The molecular formula is C25H34N8O2. The van der Waals surface area contributed by atoms with E-state index in [1.54, 1.807) is 19.4 Å². The second-order valence-corrected chi connectivity index (χ2v) is 9.86. The van der Waals surface area contributed by atoms with Crippen LogP contribution < -0.4 is 26.4 Å². The quantitative estimate of drug-likeness (QED) is 0.309. The van der Waals surface area contributed by atoms with Crippen LogP contribution in [0.4, 0.5) is 11.8 Å².